The lowest BCUT2D eigenvalue weighted by molar-refractivity contribution is -0.153. The first-order chi connectivity index (χ1) is 33.8. The van der Waals surface area contributed by atoms with Crippen LogP contribution in [0.4, 0.5) is 0 Å². The second-order valence-corrected chi connectivity index (χ2v) is 30.1. The van der Waals surface area contributed by atoms with Crippen molar-refractivity contribution in [3.8, 4) is 0 Å². The summed E-state index contributed by atoms with van der Waals surface area (Å²) in [6.45, 7) is 16.3. The first-order valence-electron chi connectivity index (χ1n) is 24.1. The number of aromatic nitrogens is 4. The molecule has 0 unspecified atom stereocenters. The zero-order valence-electron chi connectivity index (χ0n) is 41.5. The molecule has 2 N–H and O–H groups in total. The molecule has 14 nitrogen and oxygen atoms in total. The average Bonchev–Trinajstić information content (AvgIpc) is 3.89. The zero-order valence-corrected chi connectivity index (χ0v) is 44.4. The number of carbonyl (C=O) groups is 1. The smallest absolute Gasteiger partial charge is 0.330 e. The van der Waals surface area contributed by atoms with Gasteiger partial charge in [-0.1, -0.05) is 163 Å². The van der Waals surface area contributed by atoms with E-state index in [1.54, 1.807) is 18.7 Å². The van der Waals surface area contributed by atoms with E-state index >= 15 is 0 Å². The minimum absolute atomic E-state index is 0.0843. The van der Waals surface area contributed by atoms with E-state index in [-0.39, 0.29) is 16.7 Å². The molecular formula is C54H64N4O10SSi2. The maximum Gasteiger partial charge on any atom is 0.330 e. The van der Waals surface area contributed by atoms with Gasteiger partial charge in [0.15, 0.2) is 12.3 Å². The summed E-state index contributed by atoms with van der Waals surface area (Å²) in [5, 5.41) is 3.58. The molecule has 0 aliphatic carbocycles. The molecule has 0 saturated carbocycles. The Bertz CT molecular complexity index is 2930. The zero-order chi connectivity index (χ0) is 50.7. The van der Waals surface area contributed by atoms with Gasteiger partial charge in [-0.25, -0.2) is 9.59 Å². The van der Waals surface area contributed by atoms with Crippen LogP contribution in [0.1, 0.15) is 72.9 Å². The molecule has 0 spiro atoms. The van der Waals surface area contributed by atoms with E-state index in [4.69, 9.17) is 23.1 Å². The number of rotatable bonds is 16. The lowest BCUT2D eigenvalue weighted by Crippen LogP contribution is -2.68. The minimum atomic E-state index is -3.16. The van der Waals surface area contributed by atoms with Gasteiger partial charge in [-0.05, 0) is 37.7 Å². The van der Waals surface area contributed by atoms with Gasteiger partial charge in [-0.2, -0.15) is 11.8 Å². The topological polar surface area (TPSA) is 173 Å². The monoisotopic (exact) mass is 1020 g/mol. The van der Waals surface area contributed by atoms with Crippen LogP contribution < -0.4 is 43.2 Å². The highest BCUT2D eigenvalue weighted by Crippen LogP contribution is 2.44. The summed E-state index contributed by atoms with van der Waals surface area (Å²) in [4.78, 5) is 69.7. The summed E-state index contributed by atoms with van der Waals surface area (Å²) in [6.07, 6.45) is -1.42. The number of nitrogens with zero attached hydrogens (tertiary/aromatic N) is 2. The maximum absolute atomic E-state index is 13.5. The number of H-pyrrole nitrogens is 2. The molecule has 4 aromatic carbocycles. The molecule has 374 valence electrons. The molecule has 0 radical (unpaired) electrons. The van der Waals surface area contributed by atoms with Crippen LogP contribution in [0.3, 0.4) is 0 Å². The normalized spacial score (nSPS) is 21.8. The van der Waals surface area contributed by atoms with Gasteiger partial charge >= 0.3 is 17.3 Å². The van der Waals surface area contributed by atoms with Crippen LogP contribution >= 0.6 is 11.8 Å². The van der Waals surface area contributed by atoms with Crippen LogP contribution in [-0.2, 0) is 27.9 Å². The van der Waals surface area contributed by atoms with Crippen LogP contribution in [0.5, 0.6) is 0 Å². The number of carbonyl (C=O) groups excluding carboxylic acids is 1. The second-order valence-electron chi connectivity index (χ2n) is 20.5. The number of benzene rings is 4. The highest BCUT2D eigenvalue weighted by atomic mass is 32.2. The number of aromatic amines is 2. The lowest BCUT2D eigenvalue weighted by atomic mass is 10.0. The number of nitrogens with one attached hydrogen (secondary N) is 2. The van der Waals surface area contributed by atoms with E-state index in [0.29, 0.717) is 23.5 Å². The fourth-order valence-electron chi connectivity index (χ4n) is 10.5. The molecule has 2 aliphatic heterocycles. The van der Waals surface area contributed by atoms with Crippen LogP contribution in [-0.4, -0.2) is 84.2 Å². The Kier molecular flexibility index (Phi) is 15.4. The van der Waals surface area contributed by atoms with Gasteiger partial charge in [0.1, 0.15) is 6.23 Å². The third kappa shape index (κ3) is 10.5. The Labute approximate surface area is 420 Å². The predicted molar refractivity (Wildman–Crippen MR) is 282 cm³/mol. The molecule has 2 aliphatic rings. The van der Waals surface area contributed by atoms with Crippen LogP contribution in [0.2, 0.25) is 10.1 Å². The Morgan fingerprint density at radius 1 is 0.676 bits per heavy atom. The molecule has 2 aromatic heterocycles. The van der Waals surface area contributed by atoms with Gasteiger partial charge in [-0.15, -0.1) is 0 Å². The van der Waals surface area contributed by atoms with E-state index in [1.807, 2.05) is 72.8 Å². The Hall–Kier alpha value is -5.67. The Morgan fingerprint density at radius 2 is 1.18 bits per heavy atom. The number of hydrogen-bond acceptors (Lipinski definition) is 11. The van der Waals surface area contributed by atoms with E-state index in [2.05, 4.69) is 100 Å². The third-order valence-corrected chi connectivity index (χ3v) is 25.0. The highest BCUT2D eigenvalue weighted by molar-refractivity contribution is 7.99. The molecule has 17 heteroatoms. The fraction of sp³-hybridized carbons (Fsp3) is 0.389. The lowest BCUT2D eigenvalue weighted by Gasteiger charge is -2.45. The van der Waals surface area contributed by atoms with Crippen molar-refractivity contribution in [1.82, 2.24) is 19.1 Å². The van der Waals surface area contributed by atoms with Crippen molar-refractivity contribution in [3.63, 3.8) is 0 Å². The summed E-state index contributed by atoms with van der Waals surface area (Å²) in [6, 6.07) is 42.4. The highest BCUT2D eigenvalue weighted by Gasteiger charge is 2.56. The number of ether oxygens (including phenoxy) is 3. The van der Waals surface area contributed by atoms with E-state index in [0.717, 1.165) is 20.7 Å². The predicted octanol–water partition coefficient (Wildman–Crippen LogP) is 5.38. The Balaban J connectivity index is 1.17. The fourth-order valence-corrected chi connectivity index (χ4v) is 21.1. The van der Waals surface area contributed by atoms with Crippen molar-refractivity contribution in [2.24, 2.45) is 5.92 Å². The summed E-state index contributed by atoms with van der Waals surface area (Å²) in [5.41, 5.74) is -1.95. The quantitative estimate of drug-likeness (QED) is 0.0942. The number of esters is 1. The van der Waals surface area contributed by atoms with Gasteiger partial charge < -0.3 is 23.1 Å². The van der Waals surface area contributed by atoms with Gasteiger partial charge in [0, 0.05) is 54.8 Å². The molecule has 0 amide bonds. The molecule has 71 heavy (non-hydrogen) atoms. The van der Waals surface area contributed by atoms with Crippen molar-refractivity contribution in [1.29, 1.82) is 0 Å². The summed E-state index contributed by atoms with van der Waals surface area (Å²) in [5.74, 6) is -0.364. The van der Waals surface area contributed by atoms with Crippen LogP contribution in [0, 0.1) is 12.8 Å². The van der Waals surface area contributed by atoms with Crippen LogP contribution in [0.15, 0.2) is 159 Å². The Morgan fingerprint density at radius 3 is 1.68 bits per heavy atom. The van der Waals surface area contributed by atoms with E-state index in [1.165, 1.54) is 34.5 Å². The largest absolute Gasteiger partial charge is 0.457 e. The maximum atomic E-state index is 13.5. The standard InChI is InChI=1S/C54H64N4O10SSi2/c1-36-32-58(52(63)56-49(36)61)47-31-43(68-71(54(6,7)8,40-25-17-11-18-26-40)41-27-19-12-20-28-41)45(66-47)35-69-34-42-44(67-50(48(42)65-37(2)59)57-30-29-46(60)55-51(57)62)33-64-70(53(3,4)5,38-21-13-9-14-22-38)39-23-15-10-16-24-39/h9-30,32,42-45,47-48,50H,31,33-35H2,1-8H3,(H,55,60,62)(H,56,61,63)/t42-,43+,44-,45-,47-,48-,50-/m1/s1. The number of thioether (sulfide) groups is 1. The number of hydrogen-bond donors (Lipinski definition) is 2. The van der Waals surface area contributed by atoms with Gasteiger partial charge in [0.05, 0.1) is 24.9 Å². The van der Waals surface area contributed by atoms with Crippen molar-refractivity contribution < 1.29 is 27.9 Å². The molecule has 0 bridgehead atoms. The van der Waals surface area contributed by atoms with Gasteiger partial charge in [0.25, 0.3) is 27.8 Å². The average molecular weight is 1020 g/mol. The summed E-state index contributed by atoms with van der Waals surface area (Å²) in [7, 11) is -6.29. The van der Waals surface area contributed by atoms with E-state index in [9.17, 15) is 24.0 Å². The van der Waals surface area contributed by atoms with Crippen LogP contribution in [0.25, 0.3) is 0 Å². The second kappa shape index (κ2) is 21.2. The third-order valence-electron chi connectivity index (χ3n) is 13.8. The molecule has 7 atom stereocenters. The summed E-state index contributed by atoms with van der Waals surface area (Å²) >= 11 is 1.56. The molecule has 8 rings (SSSR count). The van der Waals surface area contributed by atoms with Crippen molar-refractivity contribution in [2.75, 3.05) is 18.1 Å². The molecule has 4 heterocycles. The van der Waals surface area contributed by atoms with Gasteiger partial charge in [-0.3, -0.25) is 33.5 Å². The first-order valence-corrected chi connectivity index (χ1v) is 29.0. The van der Waals surface area contributed by atoms with E-state index < -0.39 is 87.9 Å². The van der Waals surface area contributed by atoms with Crippen molar-refractivity contribution in [3.05, 3.63) is 187 Å². The summed E-state index contributed by atoms with van der Waals surface area (Å²) < 4.78 is 37.8. The minimum Gasteiger partial charge on any atom is -0.457 e. The van der Waals surface area contributed by atoms with Gasteiger partial charge in [0.2, 0.25) is 0 Å². The molecule has 6 aromatic rings. The molecule has 2 fully saturated rings. The van der Waals surface area contributed by atoms with Crippen molar-refractivity contribution in [2.45, 2.75) is 109 Å². The number of aryl methyl sites for hydroxylation is 1. The molecule has 2 saturated heterocycles. The van der Waals surface area contributed by atoms with Crippen molar-refractivity contribution >= 4 is 55.1 Å². The first kappa shape index (κ1) is 51.7. The SMILES string of the molecule is CC(=O)O[C@@H]1[C@H](CSC[C@H]2O[C@@H](n3cc(C)c(=O)[nH]c3=O)C[C@@H]2O[Si](c2ccccc2)(c2ccccc2)C(C)(C)C)[C@@H](CO[Si](c2ccccc2)(c2ccccc2)C(C)(C)C)O[C@H]1n1ccc(=O)[nH]c1=O. The molecular weight excluding hydrogens is 953 g/mol.